The maximum absolute atomic E-state index is 12.1. The number of carbonyl (C=O) groups is 1. The molecule has 1 fully saturated rings. The Bertz CT molecular complexity index is 509. The van der Waals surface area contributed by atoms with Crippen LogP contribution < -0.4 is 10.6 Å². The van der Waals surface area contributed by atoms with Crippen LogP contribution in [0, 0.1) is 5.92 Å². The Morgan fingerprint density at radius 2 is 1.96 bits per heavy atom. The minimum absolute atomic E-state index is 0.279. The summed E-state index contributed by atoms with van der Waals surface area (Å²) in [7, 11) is 0. The summed E-state index contributed by atoms with van der Waals surface area (Å²) < 4.78 is 5.34. The van der Waals surface area contributed by atoms with Crippen molar-refractivity contribution in [2.24, 2.45) is 5.92 Å². The van der Waals surface area contributed by atoms with Crippen LogP contribution in [0.2, 0.25) is 0 Å². The fraction of sp³-hybridized carbons (Fsp3) is 0.632. The summed E-state index contributed by atoms with van der Waals surface area (Å²) in [6.45, 7) is 7.00. The molecule has 1 saturated carbocycles. The highest BCUT2D eigenvalue weighted by atomic mass is 16.6. The average Bonchev–Trinajstić information content (AvgIpc) is 3.30. The number of ether oxygens (including phenoxy) is 1. The number of nitrogens with one attached hydrogen (secondary N) is 2. The van der Waals surface area contributed by atoms with Gasteiger partial charge in [0.05, 0.1) is 12.1 Å². The molecule has 24 heavy (non-hydrogen) atoms. The van der Waals surface area contributed by atoms with Gasteiger partial charge in [-0.2, -0.15) is 0 Å². The number of aliphatic hydroxyl groups is 1. The second-order valence-electron chi connectivity index (χ2n) is 7.60. The summed E-state index contributed by atoms with van der Waals surface area (Å²) in [6.07, 6.45) is 2.03. The molecule has 1 aliphatic carbocycles. The fourth-order valence-electron chi connectivity index (χ4n) is 2.54. The van der Waals surface area contributed by atoms with Gasteiger partial charge in [-0.25, -0.2) is 4.79 Å². The Morgan fingerprint density at radius 3 is 2.54 bits per heavy atom. The molecule has 1 aliphatic rings. The molecule has 2 atom stereocenters. The highest BCUT2D eigenvalue weighted by Crippen LogP contribution is 2.27. The molecule has 0 aromatic heterocycles. The van der Waals surface area contributed by atoms with Crippen molar-refractivity contribution < 1.29 is 14.6 Å². The molecule has 2 rings (SSSR count). The van der Waals surface area contributed by atoms with E-state index in [2.05, 4.69) is 10.6 Å². The Morgan fingerprint density at radius 1 is 1.29 bits per heavy atom. The van der Waals surface area contributed by atoms with Crippen molar-refractivity contribution in [1.82, 2.24) is 10.6 Å². The van der Waals surface area contributed by atoms with Crippen LogP contribution >= 0.6 is 0 Å². The molecule has 3 N–H and O–H groups in total. The standard InChI is InChI=1S/C19H30N2O3/c1-19(2,3)24-18(23)21-17(15-7-5-4-6-8-15)11-16(22)13-20-12-14-9-10-14/h4-8,14,16-17,20,22H,9-13H2,1-3H3,(H,21,23)/t16-,17?/m1/s1. The van der Waals surface area contributed by atoms with Gasteiger partial charge in [-0.3, -0.25) is 0 Å². The lowest BCUT2D eigenvalue weighted by molar-refractivity contribution is 0.0482. The van der Waals surface area contributed by atoms with Crippen molar-refractivity contribution in [1.29, 1.82) is 0 Å². The molecule has 0 aliphatic heterocycles. The van der Waals surface area contributed by atoms with E-state index in [4.69, 9.17) is 4.74 Å². The van der Waals surface area contributed by atoms with Crippen LogP contribution in [0.5, 0.6) is 0 Å². The van der Waals surface area contributed by atoms with Crippen molar-refractivity contribution in [2.75, 3.05) is 13.1 Å². The van der Waals surface area contributed by atoms with Crippen molar-refractivity contribution >= 4 is 6.09 Å². The van der Waals surface area contributed by atoms with Crippen LogP contribution in [0.1, 0.15) is 51.6 Å². The molecule has 0 spiro atoms. The lowest BCUT2D eigenvalue weighted by Crippen LogP contribution is -2.38. The molecule has 0 saturated heterocycles. The molecule has 1 aromatic rings. The van der Waals surface area contributed by atoms with Gasteiger partial charge in [0, 0.05) is 6.54 Å². The lowest BCUT2D eigenvalue weighted by atomic mass is 10.0. The monoisotopic (exact) mass is 334 g/mol. The first-order chi connectivity index (χ1) is 11.3. The van der Waals surface area contributed by atoms with Crippen molar-refractivity contribution in [2.45, 2.75) is 57.8 Å². The normalized spacial score (nSPS) is 17.2. The van der Waals surface area contributed by atoms with Crippen LogP contribution in [0.4, 0.5) is 4.79 Å². The number of hydrogen-bond donors (Lipinski definition) is 3. The SMILES string of the molecule is CC(C)(C)OC(=O)NC(C[C@@H](O)CNCC1CC1)c1ccccc1. The van der Waals surface area contributed by atoms with Gasteiger partial charge < -0.3 is 20.5 Å². The molecule has 1 amide bonds. The molecule has 5 heteroatoms. The third kappa shape index (κ3) is 7.32. The van der Waals surface area contributed by atoms with E-state index >= 15 is 0 Å². The zero-order valence-electron chi connectivity index (χ0n) is 14.9. The Balaban J connectivity index is 1.90. The highest BCUT2D eigenvalue weighted by molar-refractivity contribution is 5.68. The molecule has 0 radical (unpaired) electrons. The van der Waals surface area contributed by atoms with E-state index in [1.54, 1.807) is 0 Å². The molecule has 5 nitrogen and oxygen atoms in total. The smallest absolute Gasteiger partial charge is 0.408 e. The zero-order valence-corrected chi connectivity index (χ0v) is 14.9. The summed E-state index contributed by atoms with van der Waals surface area (Å²) in [5, 5.41) is 16.5. The second-order valence-corrected chi connectivity index (χ2v) is 7.60. The number of benzene rings is 1. The quantitative estimate of drug-likeness (QED) is 0.683. The molecule has 0 bridgehead atoms. The van der Waals surface area contributed by atoms with Gasteiger partial charge in [0.25, 0.3) is 0 Å². The maximum Gasteiger partial charge on any atom is 0.408 e. The van der Waals surface area contributed by atoms with Crippen LogP contribution in [0.15, 0.2) is 30.3 Å². The predicted molar refractivity (Wildman–Crippen MR) is 94.8 cm³/mol. The first-order valence-electron chi connectivity index (χ1n) is 8.77. The minimum Gasteiger partial charge on any atom is -0.444 e. The third-order valence-electron chi connectivity index (χ3n) is 3.91. The van der Waals surface area contributed by atoms with Gasteiger partial charge in [-0.1, -0.05) is 30.3 Å². The Hall–Kier alpha value is -1.59. The number of rotatable bonds is 8. The van der Waals surface area contributed by atoms with Gasteiger partial charge in [0.2, 0.25) is 0 Å². The fourth-order valence-corrected chi connectivity index (χ4v) is 2.54. The number of aliphatic hydroxyl groups excluding tert-OH is 1. The summed E-state index contributed by atoms with van der Waals surface area (Å²) >= 11 is 0. The van der Waals surface area contributed by atoms with Gasteiger partial charge >= 0.3 is 6.09 Å². The molecular weight excluding hydrogens is 304 g/mol. The summed E-state index contributed by atoms with van der Waals surface area (Å²) in [5.74, 6) is 0.780. The molecule has 1 aromatic carbocycles. The zero-order chi connectivity index (χ0) is 17.6. The number of alkyl carbamates (subject to hydrolysis) is 1. The van der Waals surface area contributed by atoms with E-state index in [0.29, 0.717) is 13.0 Å². The van der Waals surface area contributed by atoms with Gasteiger partial charge in [0.1, 0.15) is 5.60 Å². The van der Waals surface area contributed by atoms with E-state index in [1.165, 1.54) is 12.8 Å². The van der Waals surface area contributed by atoms with Crippen LogP contribution in [-0.4, -0.2) is 36.0 Å². The van der Waals surface area contributed by atoms with E-state index in [1.807, 2.05) is 51.1 Å². The van der Waals surface area contributed by atoms with Crippen molar-refractivity contribution in [3.05, 3.63) is 35.9 Å². The van der Waals surface area contributed by atoms with Gasteiger partial charge in [-0.15, -0.1) is 0 Å². The molecule has 0 heterocycles. The number of amides is 1. The predicted octanol–water partition coefficient (Wildman–Crippen LogP) is 3.00. The molecule has 1 unspecified atom stereocenters. The van der Waals surface area contributed by atoms with E-state index in [9.17, 15) is 9.90 Å². The topological polar surface area (TPSA) is 70.6 Å². The molecule has 134 valence electrons. The first-order valence-corrected chi connectivity index (χ1v) is 8.77. The number of hydrogen-bond acceptors (Lipinski definition) is 4. The first kappa shape index (κ1) is 18.7. The Labute approximate surface area is 144 Å². The number of carbonyl (C=O) groups excluding carboxylic acids is 1. The van der Waals surface area contributed by atoms with Gasteiger partial charge in [0.15, 0.2) is 0 Å². The summed E-state index contributed by atoms with van der Waals surface area (Å²) in [6, 6.07) is 9.41. The largest absolute Gasteiger partial charge is 0.444 e. The Kier molecular flexibility index (Phi) is 6.63. The minimum atomic E-state index is -0.546. The highest BCUT2D eigenvalue weighted by Gasteiger charge is 2.24. The molecular formula is C19H30N2O3. The van der Waals surface area contributed by atoms with E-state index in [-0.39, 0.29) is 6.04 Å². The maximum atomic E-state index is 12.1. The van der Waals surface area contributed by atoms with E-state index < -0.39 is 17.8 Å². The van der Waals surface area contributed by atoms with Crippen molar-refractivity contribution in [3.63, 3.8) is 0 Å². The third-order valence-corrected chi connectivity index (χ3v) is 3.91. The average molecular weight is 334 g/mol. The van der Waals surface area contributed by atoms with Gasteiger partial charge in [-0.05, 0) is 58.1 Å². The van der Waals surface area contributed by atoms with Crippen LogP contribution in [0.25, 0.3) is 0 Å². The lowest BCUT2D eigenvalue weighted by Gasteiger charge is -2.25. The van der Waals surface area contributed by atoms with Crippen LogP contribution in [0.3, 0.4) is 0 Å². The van der Waals surface area contributed by atoms with Crippen LogP contribution in [-0.2, 0) is 4.74 Å². The summed E-state index contributed by atoms with van der Waals surface area (Å²) in [5.41, 5.74) is 0.417. The van der Waals surface area contributed by atoms with E-state index in [0.717, 1.165) is 18.0 Å². The van der Waals surface area contributed by atoms with Crippen molar-refractivity contribution in [3.8, 4) is 0 Å². The second kappa shape index (κ2) is 8.49. The summed E-state index contributed by atoms with van der Waals surface area (Å²) in [4.78, 5) is 12.1.